The van der Waals surface area contributed by atoms with Gasteiger partial charge in [0.15, 0.2) is 12.2 Å². The first kappa shape index (κ1) is 17.7. The molecule has 1 atom stereocenters. The van der Waals surface area contributed by atoms with Crippen molar-refractivity contribution in [2.24, 2.45) is 0 Å². The van der Waals surface area contributed by atoms with Gasteiger partial charge in [0.05, 0.1) is 12.1 Å². The number of carbonyl (C=O) groups excluding carboxylic acids is 1. The van der Waals surface area contributed by atoms with Crippen LogP contribution < -0.4 is 10.1 Å². The molecule has 122 valence electrons. The van der Waals surface area contributed by atoms with Gasteiger partial charge in [-0.05, 0) is 13.0 Å². The number of amides is 1. The number of carboxylic acid groups (broad SMARTS) is 1. The first-order chi connectivity index (χ1) is 10.0. The molecule has 10 heteroatoms. The lowest BCUT2D eigenvalue weighted by atomic mass is 10.1. The van der Waals surface area contributed by atoms with Crippen molar-refractivity contribution in [1.29, 1.82) is 0 Å². The second-order valence-electron chi connectivity index (χ2n) is 4.55. The zero-order chi connectivity index (χ0) is 17.0. The fourth-order valence-corrected chi connectivity index (χ4v) is 1.19. The van der Waals surface area contributed by atoms with E-state index in [4.69, 9.17) is 5.11 Å². The predicted octanol–water partition coefficient (Wildman–Crippen LogP) is 0.588. The molecule has 0 fully saturated rings. The number of ether oxygens (including phenoxy) is 1. The monoisotopic (exact) mass is 322 g/mol. The van der Waals surface area contributed by atoms with Crippen LogP contribution in [0.15, 0.2) is 18.3 Å². The molecule has 1 aromatic heterocycles. The summed E-state index contributed by atoms with van der Waals surface area (Å²) in [5.74, 6) is -2.57. The van der Waals surface area contributed by atoms with Gasteiger partial charge in [-0.15, -0.1) is 0 Å². The van der Waals surface area contributed by atoms with Gasteiger partial charge in [-0.1, -0.05) is 0 Å². The van der Waals surface area contributed by atoms with E-state index in [1.807, 2.05) is 0 Å². The number of halogens is 3. The highest BCUT2D eigenvalue weighted by Crippen LogP contribution is 2.17. The van der Waals surface area contributed by atoms with Crippen LogP contribution in [0.1, 0.15) is 17.3 Å². The summed E-state index contributed by atoms with van der Waals surface area (Å²) in [7, 11) is 0. The van der Waals surface area contributed by atoms with Crippen LogP contribution >= 0.6 is 0 Å². The zero-order valence-electron chi connectivity index (χ0n) is 11.3. The molecule has 1 rings (SSSR count). The highest BCUT2D eigenvalue weighted by atomic mass is 19.4. The van der Waals surface area contributed by atoms with Crippen molar-refractivity contribution >= 4 is 11.9 Å². The molecule has 0 aliphatic rings. The maximum absolute atomic E-state index is 11.9. The molecule has 0 bridgehead atoms. The molecule has 1 unspecified atom stereocenters. The topological polar surface area (TPSA) is 109 Å². The standard InChI is InChI=1S/C12H13F3N2O5/c1-11(21,10(19)20)5-17-9(18)7-2-3-8(16-4-7)22-6-12(13,14)15/h2-4,21H,5-6H2,1H3,(H,17,18)(H,19,20). The second kappa shape index (κ2) is 6.60. The van der Waals surface area contributed by atoms with Crippen molar-refractivity contribution in [3.8, 4) is 5.88 Å². The molecule has 0 aliphatic carbocycles. The molecule has 1 amide bonds. The zero-order valence-corrected chi connectivity index (χ0v) is 11.3. The SMILES string of the molecule is CC(O)(CNC(=O)c1ccc(OCC(F)(F)F)nc1)C(=O)O. The lowest BCUT2D eigenvalue weighted by Crippen LogP contribution is -2.46. The van der Waals surface area contributed by atoms with E-state index >= 15 is 0 Å². The largest absolute Gasteiger partial charge is 0.479 e. The van der Waals surface area contributed by atoms with Gasteiger partial charge in [0.25, 0.3) is 5.91 Å². The van der Waals surface area contributed by atoms with Crippen LogP contribution in [0.5, 0.6) is 5.88 Å². The summed E-state index contributed by atoms with van der Waals surface area (Å²) in [6, 6.07) is 2.22. The Morgan fingerprint density at radius 1 is 1.36 bits per heavy atom. The Balaban J connectivity index is 2.59. The number of nitrogens with one attached hydrogen (secondary N) is 1. The van der Waals surface area contributed by atoms with E-state index < -0.39 is 36.8 Å². The smallest absolute Gasteiger partial charge is 0.422 e. The number of carbonyl (C=O) groups is 2. The van der Waals surface area contributed by atoms with Gasteiger partial charge in [-0.3, -0.25) is 4.79 Å². The number of aliphatic hydroxyl groups is 1. The lowest BCUT2D eigenvalue weighted by Gasteiger charge is -2.18. The van der Waals surface area contributed by atoms with Crippen molar-refractivity contribution in [1.82, 2.24) is 10.3 Å². The van der Waals surface area contributed by atoms with Gasteiger partial charge in [0.2, 0.25) is 5.88 Å². The molecular formula is C12H13F3N2O5. The molecule has 0 aliphatic heterocycles. The summed E-state index contributed by atoms with van der Waals surface area (Å²) in [6.07, 6.45) is -3.53. The number of hydrogen-bond acceptors (Lipinski definition) is 5. The Bertz CT molecular complexity index is 543. The number of hydrogen-bond donors (Lipinski definition) is 3. The van der Waals surface area contributed by atoms with Crippen molar-refractivity contribution in [2.75, 3.05) is 13.2 Å². The first-order valence-corrected chi connectivity index (χ1v) is 5.91. The summed E-state index contributed by atoms with van der Waals surface area (Å²) in [6.45, 7) is -1.05. The summed E-state index contributed by atoms with van der Waals surface area (Å²) in [5, 5.41) is 20.3. The van der Waals surface area contributed by atoms with E-state index in [0.29, 0.717) is 0 Å². The van der Waals surface area contributed by atoms with E-state index in [0.717, 1.165) is 25.3 Å². The minimum atomic E-state index is -4.50. The second-order valence-corrected chi connectivity index (χ2v) is 4.55. The fourth-order valence-electron chi connectivity index (χ4n) is 1.19. The van der Waals surface area contributed by atoms with E-state index in [1.165, 1.54) is 0 Å². The Labute approximate surface area is 122 Å². The third-order valence-electron chi connectivity index (χ3n) is 2.44. The lowest BCUT2D eigenvalue weighted by molar-refractivity contribution is -0.156. The maximum Gasteiger partial charge on any atom is 0.422 e. The van der Waals surface area contributed by atoms with Crippen LogP contribution in [0.25, 0.3) is 0 Å². The number of aromatic nitrogens is 1. The van der Waals surface area contributed by atoms with Gasteiger partial charge in [0.1, 0.15) is 0 Å². The van der Waals surface area contributed by atoms with E-state index in [9.17, 15) is 27.9 Å². The molecule has 22 heavy (non-hydrogen) atoms. The quantitative estimate of drug-likeness (QED) is 0.707. The van der Waals surface area contributed by atoms with Gasteiger partial charge in [0, 0.05) is 12.3 Å². The van der Waals surface area contributed by atoms with E-state index in [1.54, 1.807) is 0 Å². The minimum Gasteiger partial charge on any atom is -0.479 e. The van der Waals surface area contributed by atoms with Crippen molar-refractivity contribution in [3.63, 3.8) is 0 Å². The van der Waals surface area contributed by atoms with E-state index in [2.05, 4.69) is 15.0 Å². The Hall–Kier alpha value is -2.36. The number of pyridine rings is 1. The number of aliphatic carboxylic acids is 1. The average Bonchev–Trinajstić information content (AvgIpc) is 2.42. The summed E-state index contributed by atoms with van der Waals surface area (Å²) in [4.78, 5) is 25.8. The molecule has 0 saturated carbocycles. The molecule has 1 aromatic rings. The molecule has 3 N–H and O–H groups in total. The van der Waals surface area contributed by atoms with Crippen LogP contribution in [-0.2, 0) is 4.79 Å². The third-order valence-corrected chi connectivity index (χ3v) is 2.44. The van der Waals surface area contributed by atoms with Crippen LogP contribution in [0, 0.1) is 0 Å². The van der Waals surface area contributed by atoms with Gasteiger partial charge in [-0.25, -0.2) is 9.78 Å². The van der Waals surface area contributed by atoms with Gasteiger partial charge >= 0.3 is 12.1 Å². The molecule has 1 heterocycles. The molecule has 0 aromatic carbocycles. The van der Waals surface area contributed by atoms with Crippen molar-refractivity contribution in [3.05, 3.63) is 23.9 Å². The molecule has 0 radical (unpaired) electrons. The molecule has 0 spiro atoms. The fraction of sp³-hybridized carbons (Fsp3) is 0.417. The van der Waals surface area contributed by atoms with Crippen LogP contribution in [0.4, 0.5) is 13.2 Å². The maximum atomic E-state index is 11.9. The highest BCUT2D eigenvalue weighted by molar-refractivity contribution is 5.94. The summed E-state index contributed by atoms with van der Waals surface area (Å²) >= 11 is 0. The van der Waals surface area contributed by atoms with Crippen LogP contribution in [0.3, 0.4) is 0 Å². The van der Waals surface area contributed by atoms with Crippen molar-refractivity contribution in [2.45, 2.75) is 18.7 Å². The van der Waals surface area contributed by atoms with Crippen molar-refractivity contribution < 1.29 is 37.7 Å². The van der Waals surface area contributed by atoms with E-state index in [-0.39, 0.29) is 11.4 Å². The molecule has 7 nitrogen and oxygen atoms in total. The predicted molar refractivity (Wildman–Crippen MR) is 66.4 cm³/mol. The van der Waals surface area contributed by atoms with Crippen LogP contribution in [-0.4, -0.2) is 52.0 Å². The Kier molecular flexibility index (Phi) is 5.31. The first-order valence-electron chi connectivity index (χ1n) is 5.91. The van der Waals surface area contributed by atoms with Gasteiger partial charge in [-0.2, -0.15) is 13.2 Å². The summed E-state index contributed by atoms with van der Waals surface area (Å²) in [5.41, 5.74) is -2.17. The number of carboxylic acids is 1. The summed E-state index contributed by atoms with van der Waals surface area (Å²) < 4.78 is 40.2. The Morgan fingerprint density at radius 3 is 2.45 bits per heavy atom. The molecule has 0 saturated heterocycles. The number of rotatable bonds is 6. The highest BCUT2D eigenvalue weighted by Gasteiger charge is 2.30. The minimum absolute atomic E-state index is 0.0273. The Morgan fingerprint density at radius 2 is 2.00 bits per heavy atom. The normalized spacial score (nSPS) is 14.0. The van der Waals surface area contributed by atoms with Crippen LogP contribution in [0.2, 0.25) is 0 Å². The molecular weight excluding hydrogens is 309 g/mol. The average molecular weight is 322 g/mol. The number of nitrogens with zero attached hydrogens (tertiary/aromatic N) is 1. The van der Waals surface area contributed by atoms with Gasteiger partial charge < -0.3 is 20.3 Å². The number of alkyl halides is 3. The third kappa shape index (κ3) is 5.56.